The lowest BCUT2D eigenvalue weighted by Crippen LogP contribution is -2.33. The summed E-state index contributed by atoms with van der Waals surface area (Å²) in [5.41, 5.74) is 0.771. The summed E-state index contributed by atoms with van der Waals surface area (Å²) in [7, 11) is 0. The molecule has 4 rings (SSSR count). The van der Waals surface area contributed by atoms with E-state index in [1.807, 2.05) is 32.0 Å². The number of ether oxygens (including phenoxy) is 1. The van der Waals surface area contributed by atoms with Gasteiger partial charge in [0.15, 0.2) is 5.69 Å². The van der Waals surface area contributed by atoms with Crippen molar-refractivity contribution in [3.63, 3.8) is 0 Å². The summed E-state index contributed by atoms with van der Waals surface area (Å²) in [6.07, 6.45) is -1.80. The van der Waals surface area contributed by atoms with E-state index in [1.54, 1.807) is 0 Å². The second-order valence-corrected chi connectivity index (χ2v) is 7.90. The van der Waals surface area contributed by atoms with Crippen molar-refractivity contribution in [3.8, 4) is 5.75 Å². The van der Waals surface area contributed by atoms with Crippen LogP contribution in [0.5, 0.6) is 5.75 Å². The molecule has 0 unspecified atom stereocenters. The highest BCUT2D eigenvalue weighted by molar-refractivity contribution is 5.33. The van der Waals surface area contributed by atoms with Crippen molar-refractivity contribution in [2.45, 2.75) is 51.4 Å². The van der Waals surface area contributed by atoms with Gasteiger partial charge in [0.2, 0.25) is 0 Å². The number of aromatic nitrogens is 4. The second kappa shape index (κ2) is 8.22. The standard InChI is InChI=1S/C21H24F3N5O/c1-14(2)30-17-5-3-4-15(10-17)12-28-8-6-16(7-9-28)18-11-19(21(22,23)24)29-20(27-18)25-13-26-29/h3-5,10-11,13-14,16H,6-9,12H2,1-2H3. The molecule has 30 heavy (non-hydrogen) atoms. The van der Waals surface area contributed by atoms with Crippen LogP contribution >= 0.6 is 0 Å². The van der Waals surface area contributed by atoms with Gasteiger partial charge in [-0.15, -0.1) is 0 Å². The Balaban J connectivity index is 1.44. The van der Waals surface area contributed by atoms with Crippen molar-refractivity contribution in [1.29, 1.82) is 0 Å². The third kappa shape index (κ3) is 4.56. The van der Waals surface area contributed by atoms with E-state index in [0.717, 1.165) is 60.7 Å². The van der Waals surface area contributed by atoms with E-state index in [9.17, 15) is 13.2 Å². The minimum absolute atomic E-state index is 0.00998. The van der Waals surface area contributed by atoms with Crippen LogP contribution in [0.15, 0.2) is 36.7 Å². The van der Waals surface area contributed by atoms with Gasteiger partial charge in [0.25, 0.3) is 5.78 Å². The molecule has 1 aliphatic rings. The monoisotopic (exact) mass is 419 g/mol. The van der Waals surface area contributed by atoms with Crippen LogP contribution in [0.1, 0.15) is 49.6 Å². The first kappa shape index (κ1) is 20.6. The molecule has 0 spiro atoms. The van der Waals surface area contributed by atoms with E-state index in [2.05, 4.69) is 26.0 Å². The molecule has 0 atom stereocenters. The van der Waals surface area contributed by atoms with Crippen LogP contribution in [0.2, 0.25) is 0 Å². The number of piperidine rings is 1. The number of nitrogens with zero attached hydrogens (tertiary/aromatic N) is 5. The third-order valence-electron chi connectivity index (χ3n) is 5.24. The lowest BCUT2D eigenvalue weighted by Gasteiger charge is -2.32. The lowest BCUT2D eigenvalue weighted by molar-refractivity contribution is -0.142. The maximum atomic E-state index is 13.4. The number of likely N-dealkylation sites (tertiary alicyclic amines) is 1. The van der Waals surface area contributed by atoms with Gasteiger partial charge in [-0.2, -0.15) is 27.8 Å². The van der Waals surface area contributed by atoms with Crippen LogP contribution < -0.4 is 4.74 Å². The number of halogens is 3. The average molecular weight is 419 g/mol. The fraction of sp³-hybridized carbons (Fsp3) is 0.476. The molecule has 3 aromatic rings. The molecule has 2 aromatic heterocycles. The maximum Gasteiger partial charge on any atom is 0.433 e. The largest absolute Gasteiger partial charge is 0.491 e. The normalized spacial score (nSPS) is 16.5. The van der Waals surface area contributed by atoms with Gasteiger partial charge < -0.3 is 4.74 Å². The van der Waals surface area contributed by atoms with Gasteiger partial charge in [0.05, 0.1) is 6.10 Å². The summed E-state index contributed by atoms with van der Waals surface area (Å²) in [4.78, 5) is 10.5. The zero-order valence-corrected chi connectivity index (χ0v) is 16.9. The fourth-order valence-corrected chi connectivity index (χ4v) is 3.88. The molecule has 160 valence electrons. The molecule has 3 heterocycles. The number of hydrogen-bond acceptors (Lipinski definition) is 5. The molecule has 1 saturated heterocycles. The smallest absolute Gasteiger partial charge is 0.433 e. The molecule has 0 amide bonds. The topological polar surface area (TPSA) is 55.6 Å². The molecular weight excluding hydrogens is 395 g/mol. The molecule has 0 radical (unpaired) electrons. The highest BCUT2D eigenvalue weighted by Gasteiger charge is 2.36. The number of rotatable bonds is 5. The molecule has 0 saturated carbocycles. The molecule has 1 aliphatic heterocycles. The van der Waals surface area contributed by atoms with Gasteiger partial charge in [-0.3, -0.25) is 4.90 Å². The van der Waals surface area contributed by atoms with Crippen LogP contribution in [-0.4, -0.2) is 43.7 Å². The van der Waals surface area contributed by atoms with Crippen LogP contribution in [0.25, 0.3) is 5.78 Å². The summed E-state index contributed by atoms with van der Waals surface area (Å²) < 4.78 is 46.8. The van der Waals surface area contributed by atoms with E-state index in [4.69, 9.17) is 4.74 Å². The van der Waals surface area contributed by atoms with Crippen molar-refractivity contribution >= 4 is 5.78 Å². The number of hydrogen-bond donors (Lipinski definition) is 0. The Morgan fingerprint density at radius 3 is 2.63 bits per heavy atom. The van der Waals surface area contributed by atoms with E-state index in [1.165, 1.54) is 0 Å². The molecule has 9 heteroatoms. The van der Waals surface area contributed by atoms with Crippen LogP contribution in [0.3, 0.4) is 0 Å². The SMILES string of the molecule is CC(C)Oc1cccc(CN2CCC(c3cc(C(F)(F)F)n4ncnc4n3)CC2)c1. The second-order valence-electron chi connectivity index (χ2n) is 7.90. The molecule has 1 fully saturated rings. The van der Waals surface area contributed by atoms with E-state index < -0.39 is 11.9 Å². The molecule has 6 nitrogen and oxygen atoms in total. The van der Waals surface area contributed by atoms with Gasteiger partial charge in [-0.25, -0.2) is 4.98 Å². The van der Waals surface area contributed by atoms with Crippen LogP contribution in [-0.2, 0) is 12.7 Å². The first-order valence-electron chi connectivity index (χ1n) is 10.1. The number of benzene rings is 1. The highest BCUT2D eigenvalue weighted by Crippen LogP contribution is 2.33. The Hall–Kier alpha value is -2.68. The first-order chi connectivity index (χ1) is 14.3. The van der Waals surface area contributed by atoms with E-state index in [-0.39, 0.29) is 17.8 Å². The Labute approximate surface area is 172 Å². The van der Waals surface area contributed by atoms with Gasteiger partial charge in [-0.05, 0) is 63.5 Å². The Kier molecular flexibility index (Phi) is 5.64. The van der Waals surface area contributed by atoms with Gasteiger partial charge >= 0.3 is 6.18 Å². The highest BCUT2D eigenvalue weighted by atomic mass is 19.4. The summed E-state index contributed by atoms with van der Waals surface area (Å²) in [6, 6.07) is 9.16. The molecule has 1 aromatic carbocycles. The predicted octanol–water partition coefficient (Wildman–Crippen LogP) is 4.31. The predicted molar refractivity (Wildman–Crippen MR) is 105 cm³/mol. The average Bonchev–Trinajstić information content (AvgIpc) is 3.15. The Morgan fingerprint density at radius 1 is 1.17 bits per heavy atom. The first-order valence-corrected chi connectivity index (χ1v) is 10.1. The molecule has 0 aliphatic carbocycles. The quantitative estimate of drug-likeness (QED) is 0.617. The van der Waals surface area contributed by atoms with Gasteiger partial charge in [0, 0.05) is 18.2 Å². The van der Waals surface area contributed by atoms with Crippen molar-refractivity contribution in [2.75, 3.05) is 13.1 Å². The van der Waals surface area contributed by atoms with Crippen LogP contribution in [0, 0.1) is 0 Å². The Morgan fingerprint density at radius 2 is 1.93 bits per heavy atom. The summed E-state index contributed by atoms with van der Waals surface area (Å²) in [5, 5.41) is 3.66. The zero-order valence-electron chi connectivity index (χ0n) is 16.9. The molecule has 0 bridgehead atoms. The minimum Gasteiger partial charge on any atom is -0.491 e. The zero-order chi connectivity index (χ0) is 21.3. The van der Waals surface area contributed by atoms with Crippen molar-refractivity contribution < 1.29 is 17.9 Å². The maximum absolute atomic E-state index is 13.4. The van der Waals surface area contributed by atoms with Crippen molar-refractivity contribution in [1.82, 2.24) is 24.5 Å². The Bertz CT molecular complexity index is 1010. The number of alkyl halides is 3. The third-order valence-corrected chi connectivity index (χ3v) is 5.24. The van der Waals surface area contributed by atoms with Gasteiger partial charge in [-0.1, -0.05) is 12.1 Å². The van der Waals surface area contributed by atoms with Crippen LogP contribution in [0.4, 0.5) is 13.2 Å². The summed E-state index contributed by atoms with van der Waals surface area (Å²) in [5.74, 6) is 0.812. The van der Waals surface area contributed by atoms with E-state index in [0.29, 0.717) is 5.69 Å². The summed E-state index contributed by atoms with van der Waals surface area (Å²) >= 11 is 0. The minimum atomic E-state index is -4.51. The van der Waals surface area contributed by atoms with Crippen molar-refractivity contribution in [3.05, 3.63) is 53.6 Å². The number of fused-ring (bicyclic) bond motifs is 1. The lowest BCUT2D eigenvalue weighted by atomic mass is 9.92. The molecular formula is C21H24F3N5O. The van der Waals surface area contributed by atoms with Gasteiger partial charge in [0.1, 0.15) is 12.1 Å². The van der Waals surface area contributed by atoms with E-state index >= 15 is 0 Å². The summed E-state index contributed by atoms with van der Waals surface area (Å²) in [6.45, 7) is 6.35. The van der Waals surface area contributed by atoms with Crippen molar-refractivity contribution in [2.24, 2.45) is 0 Å². The fourth-order valence-electron chi connectivity index (χ4n) is 3.88. The molecule has 0 N–H and O–H groups in total.